The van der Waals surface area contributed by atoms with Gasteiger partial charge in [-0.3, -0.25) is 14.6 Å². The molecule has 1 unspecified atom stereocenters. The third kappa shape index (κ3) is 25.0. The molecular weight excluding hydrogens is 986 g/mol. The van der Waals surface area contributed by atoms with Gasteiger partial charge in [0.05, 0.1) is 59.2 Å². The number of aryl methyl sites for hydroxylation is 2. The van der Waals surface area contributed by atoms with Gasteiger partial charge < -0.3 is 58.6 Å². The van der Waals surface area contributed by atoms with Crippen LogP contribution in [-0.4, -0.2) is 153 Å². The summed E-state index contributed by atoms with van der Waals surface area (Å²) >= 11 is 3.80. The number of carbonyl (C=O) groups excluding carboxylic acids is 2. The monoisotopic (exact) mass is 1050 g/mol. The van der Waals surface area contributed by atoms with Gasteiger partial charge in [-0.1, -0.05) is 55.1 Å². The molecule has 3 aromatic rings. The first-order valence-electron chi connectivity index (χ1n) is 23.3. The van der Waals surface area contributed by atoms with Gasteiger partial charge in [-0.25, -0.2) is 14.2 Å². The summed E-state index contributed by atoms with van der Waals surface area (Å²) in [6.07, 6.45) is 9.13. The van der Waals surface area contributed by atoms with Crippen LogP contribution in [0.2, 0.25) is 0 Å². The minimum Gasteiger partial charge on any atom is -0.488 e. The fraction of sp³-hybridized carbons (Fsp3) is 0.532. The average molecular weight is 1050 g/mol. The normalized spacial score (nSPS) is 13.4. The van der Waals surface area contributed by atoms with E-state index in [1.807, 2.05) is 0 Å². The van der Waals surface area contributed by atoms with Crippen molar-refractivity contribution in [1.82, 2.24) is 25.1 Å². The number of aliphatic carboxylic acids is 1. The zero-order valence-electron chi connectivity index (χ0n) is 39.7. The number of pyridine rings is 1. The second-order valence-electron chi connectivity index (χ2n) is 15.6. The van der Waals surface area contributed by atoms with Gasteiger partial charge >= 0.3 is 12.0 Å². The molecule has 3 amide bonds. The molecule has 5 rings (SSSR count). The molecule has 0 bridgehead atoms. The van der Waals surface area contributed by atoms with E-state index in [0.29, 0.717) is 96.8 Å². The first kappa shape index (κ1) is 59.7. The van der Waals surface area contributed by atoms with E-state index in [1.54, 1.807) is 52.3 Å². The molecule has 70 heavy (non-hydrogen) atoms. The molecule has 1 radical (unpaired) electrons. The molecule has 0 aliphatic carbocycles. The van der Waals surface area contributed by atoms with Gasteiger partial charge in [-0.05, 0) is 86.6 Å². The predicted molar refractivity (Wildman–Crippen MR) is 263 cm³/mol. The zero-order valence-corrected chi connectivity index (χ0v) is 42.9. The molecule has 23 heteroatoms. The number of carboxylic acid groups (broad SMARTS) is 1. The van der Waals surface area contributed by atoms with Gasteiger partial charge in [0.2, 0.25) is 14.3 Å². The topological polar surface area (TPSA) is 218 Å². The van der Waals surface area contributed by atoms with E-state index in [1.165, 1.54) is 22.8 Å². The summed E-state index contributed by atoms with van der Waals surface area (Å²) in [5.41, 5.74) is 2.88. The minimum absolute atomic E-state index is 0. The summed E-state index contributed by atoms with van der Waals surface area (Å²) in [7, 11) is -1.59. The third-order valence-electron chi connectivity index (χ3n) is 10.5. The third-order valence-corrected chi connectivity index (χ3v) is 11.2. The van der Waals surface area contributed by atoms with E-state index in [4.69, 9.17) is 38.2 Å². The van der Waals surface area contributed by atoms with Crippen molar-refractivity contribution in [1.29, 1.82) is 0 Å². The van der Waals surface area contributed by atoms with Crippen molar-refractivity contribution in [3.63, 3.8) is 0 Å². The Morgan fingerprint density at radius 1 is 0.900 bits per heavy atom. The van der Waals surface area contributed by atoms with E-state index >= 15 is 0 Å². The number of thiol groups is 1. The van der Waals surface area contributed by atoms with Gasteiger partial charge in [0.25, 0.3) is 5.91 Å². The summed E-state index contributed by atoms with van der Waals surface area (Å²) in [5, 5.41) is 24.6. The van der Waals surface area contributed by atoms with E-state index < -0.39 is 19.4 Å². The Morgan fingerprint density at radius 2 is 1.60 bits per heavy atom. The quantitative estimate of drug-likeness (QED) is 0.0132. The number of benzene rings is 2. The summed E-state index contributed by atoms with van der Waals surface area (Å²) in [6, 6.07) is 17.2. The number of urea groups is 1. The van der Waals surface area contributed by atoms with Crippen LogP contribution in [0.3, 0.4) is 0 Å². The summed E-state index contributed by atoms with van der Waals surface area (Å²) < 4.78 is 45.8. The van der Waals surface area contributed by atoms with E-state index in [-0.39, 0.29) is 56.0 Å². The van der Waals surface area contributed by atoms with Gasteiger partial charge in [0.1, 0.15) is 18.2 Å². The van der Waals surface area contributed by atoms with Gasteiger partial charge in [-0.15, -0.1) is 5.11 Å². The number of para-hydroxylation sites is 1. The molecule has 385 valence electrons. The van der Waals surface area contributed by atoms with Crippen molar-refractivity contribution in [2.75, 3.05) is 111 Å². The Balaban J connectivity index is 0.000000433. The largest absolute Gasteiger partial charge is 0.488 e. The Hall–Kier alpha value is -4.57. The molecule has 19 nitrogen and oxygen atoms in total. The molecule has 0 spiro atoms. The molecule has 2 aliphatic rings. The SMILES string of the molecule is C=CN(CCOCCOCCOCCOc1ccccc1F)/N=N\COc1ccc(C(=O)NCCCCCCOP(O)S)cc1.O=C(O)CCN1CCN(CCCc2ccc3c(n2)NCCC3)C1=O.[V]. The van der Waals surface area contributed by atoms with Gasteiger partial charge in [-0.2, -0.15) is 0 Å². The Kier molecular flexibility index (Phi) is 31.0. The van der Waals surface area contributed by atoms with Gasteiger partial charge in [0.15, 0.2) is 11.6 Å². The standard InChI is InChI=1S/C30H44FN4O8PS.C17H24N4O3.V/c1-2-35(16-18-38-19-20-39-21-22-40-23-24-41-29-10-6-5-9-28(29)31)34-33-25-42-27-13-11-26(12-14-27)30(36)32-15-7-3-4-8-17-43-44(37)45;22-15(23)7-10-21-12-11-20(17(21)24)9-2-4-14-6-5-13-3-1-8-18-16(13)19-14;/h2,5-6,9-14,37,45H,1,3-4,7-8,15-25H2,(H,32,36);5-6H,1-4,7-12H2,(H,18,19)(H,22,23);/b34-33-;;. The summed E-state index contributed by atoms with van der Waals surface area (Å²) in [6.45, 7) is 11.2. The smallest absolute Gasteiger partial charge is 0.320 e. The van der Waals surface area contributed by atoms with E-state index in [2.05, 4.69) is 56.9 Å². The maximum absolute atomic E-state index is 13.4. The van der Waals surface area contributed by atoms with Crippen LogP contribution in [0.1, 0.15) is 66.6 Å². The maximum Gasteiger partial charge on any atom is 0.320 e. The van der Waals surface area contributed by atoms with Crippen LogP contribution in [0.25, 0.3) is 0 Å². The molecule has 1 saturated heterocycles. The number of ether oxygens (including phenoxy) is 5. The number of amides is 3. The Labute approximate surface area is 428 Å². The number of carbonyl (C=O) groups is 3. The Morgan fingerprint density at radius 3 is 2.31 bits per heavy atom. The summed E-state index contributed by atoms with van der Waals surface area (Å²) in [4.78, 5) is 52.2. The van der Waals surface area contributed by atoms with Crippen LogP contribution in [0.5, 0.6) is 11.5 Å². The number of hydrogen-bond acceptors (Lipinski definition) is 15. The van der Waals surface area contributed by atoms with Crippen molar-refractivity contribution < 1.29 is 75.5 Å². The second kappa shape index (κ2) is 36.4. The number of carboxylic acids is 1. The molecule has 4 N–H and O–H groups in total. The Bertz CT molecular complexity index is 2000. The molecule has 3 heterocycles. The van der Waals surface area contributed by atoms with Crippen molar-refractivity contribution in [2.45, 2.75) is 57.8 Å². The number of nitrogens with one attached hydrogen (secondary N) is 2. The molecular formula is C47H68FN8O11PSV. The number of hydrogen-bond donors (Lipinski definition) is 5. The minimum atomic E-state index is -1.59. The average Bonchev–Trinajstić information content (AvgIpc) is 3.71. The van der Waals surface area contributed by atoms with E-state index in [0.717, 1.165) is 69.4 Å². The number of anilines is 1. The number of unbranched alkanes of at least 4 members (excludes halogenated alkanes) is 3. The van der Waals surface area contributed by atoms with E-state index in [9.17, 15) is 18.8 Å². The number of aromatic nitrogens is 1. The van der Waals surface area contributed by atoms with Crippen LogP contribution < -0.4 is 20.1 Å². The van der Waals surface area contributed by atoms with Crippen LogP contribution in [0.15, 0.2) is 83.8 Å². The first-order valence-corrected chi connectivity index (χ1v) is 25.7. The van der Waals surface area contributed by atoms with Crippen LogP contribution in [-0.2, 0) is 54.9 Å². The van der Waals surface area contributed by atoms with Crippen molar-refractivity contribution >= 4 is 43.6 Å². The first-order chi connectivity index (χ1) is 33.6. The van der Waals surface area contributed by atoms with Gasteiger partial charge in [0, 0.05) is 75.3 Å². The molecule has 1 atom stereocenters. The van der Waals surface area contributed by atoms with Crippen LogP contribution >= 0.6 is 19.8 Å². The predicted octanol–water partition coefficient (Wildman–Crippen LogP) is 7.14. The zero-order chi connectivity index (χ0) is 49.3. The van der Waals surface area contributed by atoms with Crippen molar-refractivity contribution in [3.05, 3.63) is 96.1 Å². The van der Waals surface area contributed by atoms with Crippen LogP contribution in [0, 0.1) is 5.82 Å². The van der Waals surface area contributed by atoms with Crippen LogP contribution in [0.4, 0.5) is 15.0 Å². The number of rotatable bonds is 34. The molecule has 2 aliphatic heterocycles. The maximum atomic E-state index is 13.4. The molecule has 2 aromatic carbocycles. The number of halogens is 1. The van der Waals surface area contributed by atoms with Crippen molar-refractivity contribution in [3.8, 4) is 11.5 Å². The summed E-state index contributed by atoms with van der Waals surface area (Å²) in [5.74, 6) is 0.376. The second-order valence-corrected chi connectivity index (χ2v) is 17.4. The fourth-order valence-electron chi connectivity index (χ4n) is 6.83. The molecule has 1 aromatic heterocycles. The van der Waals surface area contributed by atoms with Crippen molar-refractivity contribution in [2.24, 2.45) is 10.3 Å². The number of nitrogens with zero attached hydrogens (tertiary/aromatic N) is 6. The number of fused-ring (bicyclic) bond motifs is 1. The molecule has 1 fully saturated rings. The fourth-order valence-corrected chi connectivity index (χ4v) is 7.36. The molecule has 0 saturated carbocycles.